The van der Waals surface area contributed by atoms with Crippen molar-refractivity contribution in [3.63, 3.8) is 0 Å². The lowest BCUT2D eigenvalue weighted by Gasteiger charge is -2.08. The van der Waals surface area contributed by atoms with Gasteiger partial charge >= 0.3 is 0 Å². The van der Waals surface area contributed by atoms with E-state index in [0.29, 0.717) is 18.8 Å². The first-order chi connectivity index (χ1) is 10.1. The van der Waals surface area contributed by atoms with Crippen molar-refractivity contribution in [3.05, 3.63) is 58.1 Å². The summed E-state index contributed by atoms with van der Waals surface area (Å²) in [6.45, 7) is 2.97. The predicted octanol–water partition coefficient (Wildman–Crippen LogP) is 3.31. The van der Waals surface area contributed by atoms with Gasteiger partial charge in [0.05, 0.1) is 17.6 Å². The molecule has 0 bridgehead atoms. The second-order valence-electron chi connectivity index (χ2n) is 4.39. The third kappa shape index (κ3) is 3.85. The van der Waals surface area contributed by atoms with Crippen molar-refractivity contribution in [3.8, 4) is 11.5 Å². The molecule has 0 fully saturated rings. The molecule has 0 heterocycles. The van der Waals surface area contributed by atoms with Crippen LogP contribution in [0.4, 0.5) is 11.4 Å². The Morgan fingerprint density at radius 3 is 2.57 bits per heavy atom. The highest BCUT2D eigenvalue weighted by molar-refractivity contribution is 5.63. The van der Waals surface area contributed by atoms with Gasteiger partial charge in [-0.15, -0.1) is 0 Å². The van der Waals surface area contributed by atoms with Crippen LogP contribution in [0.3, 0.4) is 0 Å². The Bertz CT molecular complexity index is 626. The average molecular weight is 288 g/mol. The molecule has 0 radical (unpaired) electrons. The Hall–Kier alpha value is -2.76. The van der Waals surface area contributed by atoms with Crippen molar-refractivity contribution in [2.45, 2.75) is 13.5 Å². The lowest BCUT2D eigenvalue weighted by atomic mass is 10.2. The maximum atomic E-state index is 10.9. The van der Waals surface area contributed by atoms with Crippen molar-refractivity contribution in [2.24, 2.45) is 0 Å². The molecule has 2 N–H and O–H groups in total. The van der Waals surface area contributed by atoms with Crippen molar-refractivity contribution in [1.82, 2.24) is 0 Å². The smallest absolute Gasteiger partial charge is 0.296 e. The van der Waals surface area contributed by atoms with Crippen LogP contribution in [0, 0.1) is 10.1 Å². The van der Waals surface area contributed by atoms with Crippen LogP contribution < -0.4 is 10.1 Å². The van der Waals surface area contributed by atoms with Gasteiger partial charge in [-0.05, 0) is 36.8 Å². The number of anilines is 1. The standard InChI is InChI=1S/C15H16N2O4/c1-2-21-13-6-3-11(4-7-13)10-16-14-8-5-12(18)9-15(14)17(19)20/h3-9,16,18H,2,10H2,1H3. The van der Waals surface area contributed by atoms with Gasteiger partial charge in [0.1, 0.15) is 17.2 Å². The molecule has 0 aliphatic rings. The maximum Gasteiger partial charge on any atom is 0.296 e. The van der Waals surface area contributed by atoms with Gasteiger partial charge in [0.15, 0.2) is 0 Å². The summed E-state index contributed by atoms with van der Waals surface area (Å²) < 4.78 is 5.35. The molecule has 2 rings (SSSR count). The van der Waals surface area contributed by atoms with Gasteiger partial charge in [-0.25, -0.2) is 0 Å². The van der Waals surface area contributed by atoms with Crippen LogP contribution in [-0.2, 0) is 6.54 Å². The van der Waals surface area contributed by atoms with E-state index in [1.165, 1.54) is 12.1 Å². The zero-order valence-electron chi connectivity index (χ0n) is 11.6. The highest BCUT2D eigenvalue weighted by Gasteiger charge is 2.14. The van der Waals surface area contributed by atoms with Gasteiger partial charge in [-0.2, -0.15) is 0 Å². The van der Waals surface area contributed by atoms with E-state index in [-0.39, 0.29) is 11.4 Å². The van der Waals surface area contributed by atoms with Crippen LogP contribution in [0.15, 0.2) is 42.5 Å². The van der Waals surface area contributed by atoms with Crippen LogP contribution in [-0.4, -0.2) is 16.6 Å². The zero-order valence-corrected chi connectivity index (χ0v) is 11.6. The minimum atomic E-state index is -0.528. The van der Waals surface area contributed by atoms with E-state index in [1.54, 1.807) is 0 Å². The summed E-state index contributed by atoms with van der Waals surface area (Å²) in [4.78, 5) is 10.4. The third-order valence-corrected chi connectivity index (χ3v) is 2.90. The Labute approximate surface area is 122 Å². The topological polar surface area (TPSA) is 84.6 Å². The maximum absolute atomic E-state index is 10.9. The second kappa shape index (κ2) is 6.60. The Morgan fingerprint density at radius 2 is 1.95 bits per heavy atom. The minimum absolute atomic E-state index is 0.131. The van der Waals surface area contributed by atoms with E-state index in [2.05, 4.69) is 5.32 Å². The van der Waals surface area contributed by atoms with Gasteiger partial charge in [0.25, 0.3) is 5.69 Å². The number of nitrogens with one attached hydrogen (secondary N) is 1. The number of ether oxygens (including phenoxy) is 1. The fraction of sp³-hybridized carbons (Fsp3) is 0.200. The normalized spacial score (nSPS) is 10.1. The molecule has 21 heavy (non-hydrogen) atoms. The molecule has 0 saturated heterocycles. The van der Waals surface area contributed by atoms with E-state index >= 15 is 0 Å². The quantitative estimate of drug-likeness (QED) is 0.484. The van der Waals surface area contributed by atoms with Crippen molar-refractivity contribution in [1.29, 1.82) is 0 Å². The molecule has 0 spiro atoms. The van der Waals surface area contributed by atoms with Gasteiger partial charge < -0.3 is 15.2 Å². The number of benzene rings is 2. The van der Waals surface area contributed by atoms with Crippen molar-refractivity contribution >= 4 is 11.4 Å². The van der Waals surface area contributed by atoms with E-state index in [1.807, 2.05) is 31.2 Å². The number of nitro groups is 1. The predicted molar refractivity (Wildman–Crippen MR) is 79.7 cm³/mol. The SMILES string of the molecule is CCOc1ccc(CNc2ccc(O)cc2[N+](=O)[O-])cc1. The number of aromatic hydroxyl groups is 1. The number of hydrogen-bond acceptors (Lipinski definition) is 5. The molecule has 6 heteroatoms. The Balaban J connectivity index is 2.07. The molecule has 0 aliphatic heterocycles. The summed E-state index contributed by atoms with van der Waals surface area (Å²) in [5.74, 6) is 0.658. The number of phenolic OH excluding ortho intramolecular Hbond substituents is 1. The van der Waals surface area contributed by atoms with E-state index in [0.717, 1.165) is 17.4 Å². The molecule has 0 amide bonds. The van der Waals surface area contributed by atoms with E-state index < -0.39 is 4.92 Å². The number of rotatable bonds is 6. The summed E-state index contributed by atoms with van der Waals surface area (Å²) in [7, 11) is 0. The fourth-order valence-corrected chi connectivity index (χ4v) is 1.89. The Morgan fingerprint density at radius 1 is 1.24 bits per heavy atom. The highest BCUT2D eigenvalue weighted by atomic mass is 16.6. The largest absolute Gasteiger partial charge is 0.508 e. The van der Waals surface area contributed by atoms with Gasteiger partial charge in [0.2, 0.25) is 0 Å². The molecule has 0 unspecified atom stereocenters. The molecule has 6 nitrogen and oxygen atoms in total. The second-order valence-corrected chi connectivity index (χ2v) is 4.39. The number of nitro benzene ring substituents is 1. The van der Waals surface area contributed by atoms with Gasteiger partial charge in [0, 0.05) is 6.54 Å². The first-order valence-corrected chi connectivity index (χ1v) is 6.53. The summed E-state index contributed by atoms with van der Waals surface area (Å²) in [5, 5.41) is 23.2. The summed E-state index contributed by atoms with van der Waals surface area (Å²) in [6.07, 6.45) is 0. The lowest BCUT2D eigenvalue weighted by Crippen LogP contribution is -2.02. The first-order valence-electron chi connectivity index (χ1n) is 6.53. The zero-order chi connectivity index (χ0) is 15.2. The van der Waals surface area contributed by atoms with E-state index in [9.17, 15) is 15.2 Å². The molecule has 0 aliphatic carbocycles. The van der Waals surface area contributed by atoms with Crippen molar-refractivity contribution in [2.75, 3.05) is 11.9 Å². The van der Waals surface area contributed by atoms with Crippen LogP contribution in [0.1, 0.15) is 12.5 Å². The molecule has 0 aromatic heterocycles. The molecule has 110 valence electrons. The third-order valence-electron chi connectivity index (χ3n) is 2.90. The van der Waals surface area contributed by atoms with Gasteiger partial charge in [-0.3, -0.25) is 10.1 Å². The van der Waals surface area contributed by atoms with Gasteiger partial charge in [-0.1, -0.05) is 12.1 Å². The number of nitrogens with zero attached hydrogens (tertiary/aromatic N) is 1. The Kier molecular flexibility index (Phi) is 4.61. The fourth-order valence-electron chi connectivity index (χ4n) is 1.89. The first kappa shape index (κ1) is 14.6. The minimum Gasteiger partial charge on any atom is -0.508 e. The molecule has 0 saturated carbocycles. The summed E-state index contributed by atoms with van der Waals surface area (Å²) >= 11 is 0. The lowest BCUT2D eigenvalue weighted by molar-refractivity contribution is -0.384. The van der Waals surface area contributed by atoms with Crippen LogP contribution >= 0.6 is 0 Å². The number of phenols is 1. The van der Waals surface area contributed by atoms with Crippen LogP contribution in [0.5, 0.6) is 11.5 Å². The number of hydrogen-bond donors (Lipinski definition) is 2. The monoisotopic (exact) mass is 288 g/mol. The van der Waals surface area contributed by atoms with Crippen LogP contribution in [0.2, 0.25) is 0 Å². The molecule has 2 aromatic carbocycles. The summed E-state index contributed by atoms with van der Waals surface area (Å²) in [6, 6.07) is 11.5. The van der Waals surface area contributed by atoms with Crippen molar-refractivity contribution < 1.29 is 14.8 Å². The molecular formula is C15H16N2O4. The highest BCUT2D eigenvalue weighted by Crippen LogP contribution is 2.28. The summed E-state index contributed by atoms with van der Waals surface area (Å²) in [5.41, 5.74) is 1.19. The van der Waals surface area contributed by atoms with Crippen LogP contribution in [0.25, 0.3) is 0 Å². The molecule has 2 aromatic rings. The molecule has 0 atom stereocenters. The van der Waals surface area contributed by atoms with E-state index in [4.69, 9.17) is 4.74 Å². The molecular weight excluding hydrogens is 272 g/mol. The average Bonchev–Trinajstić information content (AvgIpc) is 2.47.